The van der Waals surface area contributed by atoms with Crippen LogP contribution in [-0.4, -0.2) is 17.9 Å². The summed E-state index contributed by atoms with van der Waals surface area (Å²) in [5, 5.41) is 5.87. The number of anilines is 1. The van der Waals surface area contributed by atoms with Crippen molar-refractivity contribution in [3.8, 4) is 0 Å². The lowest BCUT2D eigenvalue weighted by Gasteiger charge is -2.06. The topological polar surface area (TPSA) is 56.9 Å². The fourth-order valence-corrected chi connectivity index (χ4v) is 1.59. The van der Waals surface area contributed by atoms with Gasteiger partial charge >= 0.3 is 0 Å². The maximum atomic E-state index is 11.5. The maximum absolute atomic E-state index is 11.5. The molecule has 3 N–H and O–H groups in total. The zero-order chi connectivity index (χ0) is 12.1. The highest BCUT2D eigenvalue weighted by molar-refractivity contribution is 5.94. The molecule has 1 amide bonds. The van der Waals surface area contributed by atoms with Gasteiger partial charge in [-0.05, 0) is 29.8 Å². The quantitative estimate of drug-likeness (QED) is 0.751. The van der Waals surface area contributed by atoms with Crippen LogP contribution >= 0.6 is 0 Å². The van der Waals surface area contributed by atoms with Crippen LogP contribution in [0, 0.1) is 0 Å². The number of aromatic nitrogens is 1. The van der Waals surface area contributed by atoms with Gasteiger partial charge in [0.05, 0.1) is 0 Å². The Bertz CT molecular complexity index is 491. The van der Waals surface area contributed by atoms with E-state index < -0.39 is 0 Å². The van der Waals surface area contributed by atoms with E-state index in [9.17, 15) is 4.79 Å². The Kier molecular flexibility index (Phi) is 3.45. The number of carbonyl (C=O) groups is 1. The van der Waals surface area contributed by atoms with E-state index in [1.807, 2.05) is 36.7 Å². The number of nitrogens with one attached hydrogen (secondary N) is 3. The minimum atomic E-state index is -0.0738. The van der Waals surface area contributed by atoms with Crippen LogP contribution in [0.5, 0.6) is 0 Å². The molecule has 0 spiro atoms. The molecular formula is C13H15N3O. The molecule has 1 heterocycles. The van der Waals surface area contributed by atoms with Crippen molar-refractivity contribution in [1.82, 2.24) is 10.3 Å². The third kappa shape index (κ3) is 2.87. The van der Waals surface area contributed by atoms with Crippen LogP contribution in [0.3, 0.4) is 0 Å². The van der Waals surface area contributed by atoms with Crippen LogP contribution in [0.4, 0.5) is 5.69 Å². The van der Waals surface area contributed by atoms with E-state index in [1.165, 1.54) is 5.56 Å². The molecule has 88 valence electrons. The molecule has 4 nitrogen and oxygen atoms in total. The van der Waals surface area contributed by atoms with Crippen LogP contribution in [0.1, 0.15) is 15.9 Å². The van der Waals surface area contributed by atoms with E-state index in [4.69, 9.17) is 0 Å². The first kappa shape index (κ1) is 11.3. The second-order valence-electron chi connectivity index (χ2n) is 3.73. The van der Waals surface area contributed by atoms with E-state index >= 15 is 0 Å². The van der Waals surface area contributed by atoms with Crippen molar-refractivity contribution in [3.63, 3.8) is 0 Å². The molecule has 0 bridgehead atoms. The van der Waals surface area contributed by atoms with Crippen LogP contribution < -0.4 is 10.6 Å². The molecule has 0 radical (unpaired) electrons. The summed E-state index contributed by atoms with van der Waals surface area (Å²) in [6, 6.07) is 9.45. The zero-order valence-corrected chi connectivity index (χ0v) is 9.66. The van der Waals surface area contributed by atoms with E-state index in [2.05, 4.69) is 15.6 Å². The molecule has 0 aliphatic heterocycles. The second kappa shape index (κ2) is 5.21. The Morgan fingerprint density at radius 2 is 2.24 bits per heavy atom. The molecule has 2 rings (SSSR count). The fraction of sp³-hybridized carbons (Fsp3) is 0.154. The Hall–Kier alpha value is -2.23. The van der Waals surface area contributed by atoms with Crippen molar-refractivity contribution in [3.05, 3.63) is 53.9 Å². The van der Waals surface area contributed by atoms with Gasteiger partial charge in [-0.3, -0.25) is 4.79 Å². The molecule has 0 aliphatic carbocycles. The summed E-state index contributed by atoms with van der Waals surface area (Å²) >= 11 is 0. The predicted octanol–water partition coefficient (Wildman–Crippen LogP) is 1.99. The molecule has 4 heteroatoms. The lowest BCUT2D eigenvalue weighted by molar-refractivity contribution is 0.0963. The van der Waals surface area contributed by atoms with Gasteiger partial charge < -0.3 is 15.6 Å². The SMILES string of the molecule is CNC(=O)c1cccc(NCc2cc[nH]c2)c1. The second-order valence-corrected chi connectivity index (χ2v) is 3.73. The predicted molar refractivity (Wildman–Crippen MR) is 68.0 cm³/mol. The normalized spacial score (nSPS) is 9.94. The number of aromatic amines is 1. The van der Waals surface area contributed by atoms with E-state index in [0.29, 0.717) is 5.56 Å². The van der Waals surface area contributed by atoms with Gasteiger partial charge in [0.25, 0.3) is 5.91 Å². The number of hydrogen-bond donors (Lipinski definition) is 3. The summed E-state index contributed by atoms with van der Waals surface area (Å²) in [6.45, 7) is 0.737. The van der Waals surface area contributed by atoms with E-state index in [1.54, 1.807) is 13.1 Å². The average molecular weight is 229 g/mol. The zero-order valence-electron chi connectivity index (χ0n) is 9.66. The molecule has 0 unspecified atom stereocenters. The molecular weight excluding hydrogens is 214 g/mol. The lowest BCUT2D eigenvalue weighted by atomic mass is 10.2. The van der Waals surface area contributed by atoms with Crippen LogP contribution in [-0.2, 0) is 6.54 Å². The van der Waals surface area contributed by atoms with Crippen molar-refractivity contribution in [2.45, 2.75) is 6.54 Å². The summed E-state index contributed by atoms with van der Waals surface area (Å²) in [5.41, 5.74) is 2.77. The number of amides is 1. The van der Waals surface area contributed by atoms with Gasteiger partial charge in [0.2, 0.25) is 0 Å². The fourth-order valence-electron chi connectivity index (χ4n) is 1.59. The molecule has 0 saturated carbocycles. The smallest absolute Gasteiger partial charge is 0.251 e. The van der Waals surface area contributed by atoms with Gasteiger partial charge in [-0.25, -0.2) is 0 Å². The molecule has 17 heavy (non-hydrogen) atoms. The summed E-state index contributed by atoms with van der Waals surface area (Å²) in [5.74, 6) is -0.0738. The molecule has 0 aliphatic rings. The van der Waals surface area contributed by atoms with Gasteiger partial charge in [0, 0.05) is 37.2 Å². The third-order valence-corrected chi connectivity index (χ3v) is 2.51. The summed E-state index contributed by atoms with van der Waals surface area (Å²) in [4.78, 5) is 14.5. The minimum Gasteiger partial charge on any atom is -0.381 e. The maximum Gasteiger partial charge on any atom is 0.251 e. The lowest BCUT2D eigenvalue weighted by Crippen LogP contribution is -2.17. The van der Waals surface area contributed by atoms with E-state index in [-0.39, 0.29) is 5.91 Å². The first-order valence-electron chi connectivity index (χ1n) is 5.47. The van der Waals surface area contributed by atoms with Crippen molar-refractivity contribution < 1.29 is 4.79 Å². The highest BCUT2D eigenvalue weighted by Gasteiger charge is 2.03. The first-order valence-corrected chi connectivity index (χ1v) is 5.47. The number of benzene rings is 1. The minimum absolute atomic E-state index is 0.0738. The standard InChI is InChI=1S/C13H15N3O/c1-14-13(17)11-3-2-4-12(7-11)16-9-10-5-6-15-8-10/h2-8,15-16H,9H2,1H3,(H,14,17). The molecule has 0 saturated heterocycles. The van der Waals surface area contributed by atoms with Gasteiger partial charge in [0.15, 0.2) is 0 Å². The molecule has 0 fully saturated rings. The number of H-pyrrole nitrogens is 1. The van der Waals surface area contributed by atoms with Gasteiger partial charge in [0.1, 0.15) is 0 Å². The van der Waals surface area contributed by atoms with Crippen LogP contribution in [0.15, 0.2) is 42.7 Å². The van der Waals surface area contributed by atoms with Crippen molar-refractivity contribution in [2.75, 3.05) is 12.4 Å². The Morgan fingerprint density at radius 1 is 1.35 bits per heavy atom. The molecule has 0 atom stereocenters. The third-order valence-electron chi connectivity index (χ3n) is 2.51. The van der Waals surface area contributed by atoms with Gasteiger partial charge in [-0.2, -0.15) is 0 Å². The highest BCUT2D eigenvalue weighted by Crippen LogP contribution is 2.12. The van der Waals surface area contributed by atoms with Crippen molar-refractivity contribution in [1.29, 1.82) is 0 Å². The summed E-state index contributed by atoms with van der Waals surface area (Å²) < 4.78 is 0. The van der Waals surface area contributed by atoms with Crippen LogP contribution in [0.2, 0.25) is 0 Å². The van der Waals surface area contributed by atoms with Crippen LogP contribution in [0.25, 0.3) is 0 Å². The first-order chi connectivity index (χ1) is 8.29. The molecule has 1 aromatic carbocycles. The van der Waals surface area contributed by atoms with Gasteiger partial charge in [-0.1, -0.05) is 6.07 Å². The largest absolute Gasteiger partial charge is 0.381 e. The summed E-state index contributed by atoms with van der Waals surface area (Å²) in [7, 11) is 1.63. The summed E-state index contributed by atoms with van der Waals surface area (Å²) in [6.07, 6.45) is 3.83. The van der Waals surface area contributed by atoms with Crippen molar-refractivity contribution >= 4 is 11.6 Å². The van der Waals surface area contributed by atoms with Crippen molar-refractivity contribution in [2.24, 2.45) is 0 Å². The molecule has 2 aromatic rings. The van der Waals surface area contributed by atoms with Gasteiger partial charge in [-0.15, -0.1) is 0 Å². The Labute approximate surface area is 100 Å². The number of carbonyl (C=O) groups excluding carboxylic acids is 1. The number of hydrogen-bond acceptors (Lipinski definition) is 2. The Morgan fingerprint density at radius 3 is 2.94 bits per heavy atom. The molecule has 1 aromatic heterocycles. The average Bonchev–Trinajstić information content (AvgIpc) is 2.89. The monoisotopic (exact) mass is 229 g/mol. The number of rotatable bonds is 4. The highest BCUT2D eigenvalue weighted by atomic mass is 16.1. The Balaban J connectivity index is 2.03. The van der Waals surface area contributed by atoms with E-state index in [0.717, 1.165) is 12.2 Å².